The van der Waals surface area contributed by atoms with Crippen LogP contribution in [-0.2, 0) is 27.3 Å². The van der Waals surface area contributed by atoms with Gasteiger partial charge in [-0.25, -0.2) is 9.59 Å². The van der Waals surface area contributed by atoms with Gasteiger partial charge in [0, 0.05) is 29.1 Å². The van der Waals surface area contributed by atoms with Crippen LogP contribution in [-0.4, -0.2) is 60.3 Å². The number of aliphatic carboxylic acids is 1. The normalized spacial score (nSPS) is 19.8. The van der Waals surface area contributed by atoms with Crippen LogP contribution in [0.25, 0.3) is 0 Å². The number of thioether (sulfide) groups is 2. The van der Waals surface area contributed by atoms with Crippen molar-refractivity contribution in [3.05, 3.63) is 55.4 Å². The number of carbonyl (C=O) groups is 3. The van der Waals surface area contributed by atoms with Crippen LogP contribution in [0.2, 0.25) is 5.02 Å². The summed E-state index contributed by atoms with van der Waals surface area (Å²) in [5.41, 5.74) is 0.00926. The van der Waals surface area contributed by atoms with E-state index in [4.69, 9.17) is 11.6 Å². The molecular weight excluding hydrogens is 508 g/mol. The molecule has 0 aliphatic carbocycles. The molecule has 4 rings (SSSR count). The lowest BCUT2D eigenvalue weighted by Crippen LogP contribution is -2.70. The van der Waals surface area contributed by atoms with Gasteiger partial charge >= 0.3 is 11.7 Å². The van der Waals surface area contributed by atoms with Crippen LogP contribution in [0.5, 0.6) is 0 Å². The van der Waals surface area contributed by atoms with Crippen LogP contribution in [0.1, 0.15) is 11.8 Å². The highest BCUT2D eigenvalue weighted by Gasteiger charge is 2.54. The lowest BCUT2D eigenvalue weighted by atomic mass is 10.0. The third-order valence-electron chi connectivity index (χ3n) is 5.12. The van der Waals surface area contributed by atoms with Gasteiger partial charge in [-0.3, -0.25) is 19.1 Å². The maximum absolute atomic E-state index is 12.8. The van der Waals surface area contributed by atoms with Crippen molar-refractivity contribution in [2.24, 2.45) is 0 Å². The summed E-state index contributed by atoms with van der Waals surface area (Å²) in [6.45, 7) is 2.23. The number of carboxylic acids is 1. The molecule has 0 saturated carbocycles. The number of amides is 2. The zero-order valence-electron chi connectivity index (χ0n) is 17.3. The number of β-lactam (4-membered cyclic amide) rings is 1. The molecule has 0 unspecified atom stereocenters. The van der Waals surface area contributed by atoms with Gasteiger partial charge in [-0.1, -0.05) is 17.7 Å². The molecule has 4 heterocycles. The Morgan fingerprint density at radius 2 is 2.18 bits per heavy atom. The van der Waals surface area contributed by atoms with E-state index in [0.717, 1.165) is 16.6 Å². The van der Waals surface area contributed by atoms with Crippen LogP contribution >= 0.6 is 46.5 Å². The third kappa shape index (κ3) is 4.84. The molecule has 2 amide bonds. The minimum atomic E-state index is -1.21. The Kier molecular flexibility index (Phi) is 7.17. The lowest BCUT2D eigenvalue weighted by molar-refractivity contribution is -0.150. The zero-order valence-corrected chi connectivity index (χ0v) is 20.5. The summed E-state index contributed by atoms with van der Waals surface area (Å²) >= 11 is 10.2. The van der Waals surface area contributed by atoms with Crippen molar-refractivity contribution in [1.29, 1.82) is 0 Å². The average Bonchev–Trinajstić information content (AvgIpc) is 3.29. The molecule has 2 aromatic rings. The van der Waals surface area contributed by atoms with Gasteiger partial charge in [-0.05, 0) is 23.9 Å². The average molecular weight is 527 g/mol. The molecule has 0 spiro atoms. The standard InChI is InChI=1S/C20H19ClN4O5S3/c1-2-24-7-12(21)16(23-20(24)30)32-8-10-9-33-18-14(17(27)25(18)15(10)19(28)29)22-13(26)6-11-4-3-5-31-11/h3-5,7,14,18H,2,6,8-9H2,1H3,(H,22,26)(H,28,29)/t14-,18-/m1/s1. The number of fused-ring (bicyclic) bond motifs is 1. The van der Waals surface area contributed by atoms with Gasteiger partial charge in [-0.15, -0.1) is 34.9 Å². The summed E-state index contributed by atoms with van der Waals surface area (Å²) in [6.07, 6.45) is 1.67. The Hall–Kier alpha value is -2.28. The molecule has 2 aliphatic heterocycles. The maximum atomic E-state index is 12.8. The van der Waals surface area contributed by atoms with Gasteiger partial charge in [0.2, 0.25) is 5.91 Å². The van der Waals surface area contributed by atoms with Gasteiger partial charge < -0.3 is 10.4 Å². The predicted octanol–water partition coefficient (Wildman–Crippen LogP) is 2.05. The highest BCUT2D eigenvalue weighted by atomic mass is 35.5. The molecule has 2 aliphatic rings. The largest absolute Gasteiger partial charge is 0.477 e. The van der Waals surface area contributed by atoms with Crippen LogP contribution < -0.4 is 11.0 Å². The topological polar surface area (TPSA) is 122 Å². The molecule has 0 bridgehead atoms. The number of hydrogen-bond acceptors (Lipinski definition) is 8. The van der Waals surface area contributed by atoms with E-state index >= 15 is 0 Å². The van der Waals surface area contributed by atoms with Crippen LogP contribution in [0.3, 0.4) is 0 Å². The molecule has 13 heteroatoms. The monoisotopic (exact) mass is 526 g/mol. The van der Waals surface area contributed by atoms with Crippen molar-refractivity contribution in [2.75, 3.05) is 11.5 Å². The second kappa shape index (κ2) is 9.92. The number of aromatic nitrogens is 2. The molecule has 33 heavy (non-hydrogen) atoms. The number of rotatable bonds is 8. The highest BCUT2D eigenvalue weighted by Crippen LogP contribution is 2.41. The minimum Gasteiger partial charge on any atom is -0.477 e. The second-order valence-corrected chi connectivity index (χ2v) is 10.7. The van der Waals surface area contributed by atoms with Crippen molar-refractivity contribution in [1.82, 2.24) is 19.8 Å². The molecule has 0 radical (unpaired) electrons. The number of halogens is 1. The van der Waals surface area contributed by atoms with E-state index in [1.807, 2.05) is 17.5 Å². The number of nitrogens with zero attached hydrogens (tertiary/aromatic N) is 3. The molecule has 174 valence electrons. The molecule has 2 atom stereocenters. The van der Waals surface area contributed by atoms with Gasteiger partial charge in [0.25, 0.3) is 5.91 Å². The molecule has 9 nitrogen and oxygen atoms in total. The van der Waals surface area contributed by atoms with Crippen molar-refractivity contribution >= 4 is 64.2 Å². The van der Waals surface area contributed by atoms with Crippen LogP contribution in [0.4, 0.5) is 0 Å². The number of hydrogen-bond donors (Lipinski definition) is 2. The van der Waals surface area contributed by atoms with Crippen molar-refractivity contribution in [3.8, 4) is 0 Å². The van der Waals surface area contributed by atoms with Gasteiger partial charge in [0.1, 0.15) is 22.1 Å². The second-order valence-electron chi connectivity index (χ2n) is 7.22. The third-order valence-corrected chi connectivity index (χ3v) is 8.80. The van der Waals surface area contributed by atoms with Crippen LogP contribution in [0.15, 0.2) is 44.8 Å². The van der Waals surface area contributed by atoms with Crippen molar-refractivity contribution in [2.45, 2.75) is 36.3 Å². The fourth-order valence-electron chi connectivity index (χ4n) is 3.53. The van der Waals surface area contributed by atoms with Gasteiger partial charge in [0.15, 0.2) is 0 Å². The van der Waals surface area contributed by atoms with Gasteiger partial charge in [0.05, 0.1) is 11.4 Å². The first-order valence-electron chi connectivity index (χ1n) is 9.91. The number of thiophene rings is 1. The lowest BCUT2D eigenvalue weighted by Gasteiger charge is -2.49. The molecule has 2 N–H and O–H groups in total. The molecule has 1 fully saturated rings. The fourth-order valence-corrected chi connectivity index (χ4v) is 6.91. The Bertz CT molecular complexity index is 1200. The molecular formula is C20H19ClN4O5S3. The number of carboxylic acid groups (broad SMARTS) is 1. The Balaban J connectivity index is 1.47. The predicted molar refractivity (Wildman–Crippen MR) is 128 cm³/mol. The van der Waals surface area contributed by atoms with E-state index in [0.29, 0.717) is 27.9 Å². The zero-order chi connectivity index (χ0) is 23.7. The molecule has 1 saturated heterocycles. The van der Waals surface area contributed by atoms with E-state index in [2.05, 4.69) is 10.3 Å². The first-order valence-corrected chi connectivity index (χ1v) is 13.2. The Morgan fingerprint density at radius 1 is 1.39 bits per heavy atom. The van der Waals surface area contributed by atoms with E-state index in [-0.39, 0.29) is 23.8 Å². The van der Waals surface area contributed by atoms with E-state index in [9.17, 15) is 24.3 Å². The smallest absolute Gasteiger partial charge is 0.352 e. The Morgan fingerprint density at radius 3 is 2.85 bits per heavy atom. The van der Waals surface area contributed by atoms with E-state index in [1.165, 1.54) is 38.8 Å². The van der Waals surface area contributed by atoms with Crippen LogP contribution in [0, 0.1) is 0 Å². The number of carbonyl (C=O) groups excluding carboxylic acids is 2. The maximum Gasteiger partial charge on any atom is 0.352 e. The summed E-state index contributed by atoms with van der Waals surface area (Å²) in [7, 11) is 0. The quantitative estimate of drug-likeness (QED) is 0.304. The number of nitrogens with one attached hydrogen (secondary N) is 1. The van der Waals surface area contributed by atoms with E-state index < -0.39 is 29.0 Å². The molecule has 0 aromatic carbocycles. The van der Waals surface area contributed by atoms with E-state index in [1.54, 1.807) is 6.92 Å². The Labute approximate surface area is 206 Å². The van der Waals surface area contributed by atoms with Crippen molar-refractivity contribution in [3.63, 3.8) is 0 Å². The van der Waals surface area contributed by atoms with Gasteiger partial charge in [-0.2, -0.15) is 4.98 Å². The fraction of sp³-hybridized carbons (Fsp3) is 0.350. The highest BCUT2D eigenvalue weighted by molar-refractivity contribution is 8.01. The summed E-state index contributed by atoms with van der Waals surface area (Å²) in [5.74, 6) is -1.37. The summed E-state index contributed by atoms with van der Waals surface area (Å²) < 4.78 is 1.38. The minimum absolute atomic E-state index is 0.0852. The number of aryl methyl sites for hydroxylation is 1. The SMILES string of the molecule is CCn1cc(Cl)c(SCC2=C(C(=O)O)N3C(=O)[C@@H](NC(=O)Cc4cccs4)[C@H]3SC2)nc1=O. The summed E-state index contributed by atoms with van der Waals surface area (Å²) in [4.78, 5) is 55.2. The first kappa shape index (κ1) is 23.9. The summed E-state index contributed by atoms with van der Waals surface area (Å²) in [5, 5.41) is 14.5. The molecule has 2 aromatic heterocycles. The first-order chi connectivity index (χ1) is 15.8. The summed E-state index contributed by atoms with van der Waals surface area (Å²) in [6, 6.07) is 2.93. The van der Waals surface area contributed by atoms with Crippen molar-refractivity contribution < 1.29 is 19.5 Å².